The first-order valence-corrected chi connectivity index (χ1v) is 6.00. The molecule has 1 aliphatic rings. The Morgan fingerprint density at radius 1 is 1.60 bits per heavy atom. The van der Waals surface area contributed by atoms with E-state index in [4.69, 9.17) is 21.4 Å². The van der Waals surface area contributed by atoms with Gasteiger partial charge in [0.25, 0.3) is 5.69 Å². The molecule has 1 saturated heterocycles. The summed E-state index contributed by atoms with van der Waals surface area (Å²) in [6.07, 6.45) is -1.11. The molecule has 1 aliphatic heterocycles. The highest BCUT2D eigenvalue weighted by atomic mass is 35.5. The van der Waals surface area contributed by atoms with E-state index in [1.807, 2.05) is 0 Å². The minimum Gasteiger partial charge on any atom is -0.479 e. The molecule has 7 nitrogen and oxygen atoms in total. The lowest BCUT2D eigenvalue weighted by molar-refractivity contribution is -0.384. The maximum absolute atomic E-state index is 13.5. The second-order valence-electron chi connectivity index (χ2n) is 4.16. The maximum atomic E-state index is 13.5. The van der Waals surface area contributed by atoms with E-state index in [0.29, 0.717) is 0 Å². The summed E-state index contributed by atoms with van der Waals surface area (Å²) >= 11 is 5.53. The summed E-state index contributed by atoms with van der Waals surface area (Å²) in [5.74, 6) is -1.97. The van der Waals surface area contributed by atoms with Crippen LogP contribution in [0.4, 0.5) is 15.8 Å². The molecule has 1 aromatic rings. The number of carbonyl (C=O) groups is 1. The Hall–Kier alpha value is -1.93. The molecule has 1 fully saturated rings. The van der Waals surface area contributed by atoms with Crippen molar-refractivity contribution in [1.29, 1.82) is 0 Å². The Labute approximate surface area is 117 Å². The number of carboxylic acids is 1. The topological polar surface area (TPSA) is 92.9 Å². The Morgan fingerprint density at radius 3 is 2.90 bits per heavy atom. The van der Waals surface area contributed by atoms with Crippen molar-refractivity contribution in [2.45, 2.75) is 6.10 Å². The van der Waals surface area contributed by atoms with Gasteiger partial charge in [0.15, 0.2) is 6.10 Å². The average molecular weight is 305 g/mol. The maximum Gasteiger partial charge on any atom is 0.334 e. The fourth-order valence-electron chi connectivity index (χ4n) is 1.94. The summed E-state index contributed by atoms with van der Waals surface area (Å²) in [5, 5.41) is 19.5. The van der Waals surface area contributed by atoms with Crippen LogP contribution in [0.15, 0.2) is 12.1 Å². The summed E-state index contributed by atoms with van der Waals surface area (Å²) in [4.78, 5) is 22.6. The van der Waals surface area contributed by atoms with Crippen molar-refractivity contribution in [3.63, 3.8) is 0 Å². The summed E-state index contributed by atoms with van der Waals surface area (Å²) in [6.45, 7) is 0.210. The summed E-state index contributed by atoms with van der Waals surface area (Å²) in [5.41, 5.74) is -0.381. The van der Waals surface area contributed by atoms with E-state index in [-0.39, 0.29) is 36.1 Å². The van der Waals surface area contributed by atoms with Gasteiger partial charge in [-0.2, -0.15) is 0 Å². The molecule has 1 atom stereocenters. The van der Waals surface area contributed by atoms with Gasteiger partial charge in [0.2, 0.25) is 0 Å². The number of rotatable bonds is 3. The van der Waals surface area contributed by atoms with E-state index in [1.54, 1.807) is 0 Å². The predicted octanol–water partition coefficient (Wildman–Crippen LogP) is 1.68. The molecule has 20 heavy (non-hydrogen) atoms. The van der Waals surface area contributed by atoms with Crippen molar-refractivity contribution < 1.29 is 24.0 Å². The second kappa shape index (κ2) is 5.59. The molecule has 1 unspecified atom stereocenters. The van der Waals surface area contributed by atoms with Gasteiger partial charge in [0, 0.05) is 18.7 Å². The molecule has 1 N–H and O–H groups in total. The van der Waals surface area contributed by atoms with Crippen molar-refractivity contribution in [3.05, 3.63) is 33.1 Å². The molecule has 1 heterocycles. The number of ether oxygens (including phenoxy) is 1. The minimum atomic E-state index is -1.17. The lowest BCUT2D eigenvalue weighted by atomic mass is 10.2. The van der Waals surface area contributed by atoms with Crippen LogP contribution < -0.4 is 4.90 Å². The molecular weight excluding hydrogens is 295 g/mol. The number of carboxylic acid groups (broad SMARTS) is 1. The third kappa shape index (κ3) is 2.81. The van der Waals surface area contributed by atoms with Crippen molar-refractivity contribution in [2.24, 2.45) is 0 Å². The van der Waals surface area contributed by atoms with E-state index in [0.717, 1.165) is 12.1 Å². The Balaban J connectivity index is 2.38. The summed E-state index contributed by atoms with van der Waals surface area (Å²) in [6, 6.07) is 1.85. The minimum absolute atomic E-state index is 0.00792. The molecule has 0 radical (unpaired) electrons. The van der Waals surface area contributed by atoms with Gasteiger partial charge in [-0.1, -0.05) is 11.6 Å². The molecule has 0 aromatic heterocycles. The first-order valence-electron chi connectivity index (χ1n) is 5.63. The van der Waals surface area contributed by atoms with Crippen molar-refractivity contribution in [2.75, 3.05) is 24.6 Å². The Morgan fingerprint density at radius 2 is 2.30 bits per heavy atom. The third-order valence-corrected chi connectivity index (χ3v) is 3.19. The van der Waals surface area contributed by atoms with Crippen LogP contribution in [0.3, 0.4) is 0 Å². The number of hydrogen-bond donors (Lipinski definition) is 1. The average Bonchev–Trinajstić information content (AvgIpc) is 2.41. The van der Waals surface area contributed by atoms with Crippen LogP contribution in [0.25, 0.3) is 0 Å². The number of hydrogen-bond acceptors (Lipinski definition) is 5. The van der Waals surface area contributed by atoms with E-state index in [1.165, 1.54) is 4.90 Å². The van der Waals surface area contributed by atoms with E-state index < -0.39 is 22.8 Å². The standard InChI is InChI=1S/C11H10ClFN2O5/c12-6-3-9(15(18)19)8(4-7(6)13)14-1-2-20-10(5-14)11(16)17/h3-4,10H,1-2,5H2,(H,16,17). The van der Waals surface area contributed by atoms with Crippen LogP contribution in [0.1, 0.15) is 0 Å². The van der Waals surface area contributed by atoms with Crippen molar-refractivity contribution >= 4 is 28.9 Å². The molecule has 108 valence electrons. The van der Waals surface area contributed by atoms with E-state index in [2.05, 4.69) is 0 Å². The van der Waals surface area contributed by atoms with E-state index >= 15 is 0 Å². The summed E-state index contributed by atoms with van der Waals surface area (Å²) < 4.78 is 18.5. The van der Waals surface area contributed by atoms with Crippen LogP contribution in [0, 0.1) is 15.9 Å². The Kier molecular flexibility index (Phi) is 4.05. The SMILES string of the molecule is O=C(O)C1CN(c2cc(F)c(Cl)cc2[N+](=O)[O-])CCO1. The van der Waals surface area contributed by atoms with Crippen LogP contribution in [-0.2, 0) is 9.53 Å². The molecular formula is C11H10ClFN2O5. The third-order valence-electron chi connectivity index (χ3n) is 2.90. The van der Waals surface area contributed by atoms with Gasteiger partial charge in [-0.15, -0.1) is 0 Å². The highest BCUT2D eigenvalue weighted by Crippen LogP contribution is 2.34. The molecule has 0 spiro atoms. The molecule has 0 amide bonds. The van der Waals surface area contributed by atoms with Gasteiger partial charge < -0.3 is 14.7 Å². The number of aliphatic carboxylic acids is 1. The number of nitrogens with zero attached hydrogens (tertiary/aromatic N) is 2. The first-order chi connectivity index (χ1) is 9.40. The van der Waals surface area contributed by atoms with Crippen LogP contribution >= 0.6 is 11.6 Å². The zero-order valence-electron chi connectivity index (χ0n) is 10.1. The zero-order chi connectivity index (χ0) is 14.9. The normalized spacial score (nSPS) is 18.9. The quantitative estimate of drug-likeness (QED) is 0.674. The van der Waals surface area contributed by atoms with Crippen LogP contribution in [0.5, 0.6) is 0 Å². The molecule has 2 rings (SSSR count). The van der Waals surface area contributed by atoms with Gasteiger partial charge >= 0.3 is 5.97 Å². The number of nitro benzene ring substituents is 1. The largest absolute Gasteiger partial charge is 0.479 e. The number of morpholine rings is 1. The van der Waals surface area contributed by atoms with E-state index in [9.17, 15) is 19.3 Å². The summed E-state index contributed by atoms with van der Waals surface area (Å²) in [7, 11) is 0. The number of benzene rings is 1. The van der Waals surface area contributed by atoms with Crippen molar-refractivity contribution in [1.82, 2.24) is 0 Å². The lowest BCUT2D eigenvalue weighted by Crippen LogP contribution is -2.46. The Bertz CT molecular complexity index is 568. The predicted molar refractivity (Wildman–Crippen MR) is 67.7 cm³/mol. The lowest BCUT2D eigenvalue weighted by Gasteiger charge is -2.32. The number of nitro groups is 1. The molecule has 1 aromatic carbocycles. The number of halogens is 2. The van der Waals surface area contributed by atoms with Gasteiger partial charge in [0.05, 0.1) is 23.1 Å². The monoisotopic (exact) mass is 304 g/mol. The smallest absolute Gasteiger partial charge is 0.334 e. The molecule has 0 aliphatic carbocycles. The fraction of sp³-hybridized carbons (Fsp3) is 0.364. The second-order valence-corrected chi connectivity index (χ2v) is 4.56. The molecule has 9 heteroatoms. The highest BCUT2D eigenvalue weighted by Gasteiger charge is 2.30. The van der Waals surface area contributed by atoms with Gasteiger partial charge in [-0.3, -0.25) is 10.1 Å². The number of anilines is 1. The van der Waals surface area contributed by atoms with Gasteiger partial charge in [-0.05, 0) is 0 Å². The van der Waals surface area contributed by atoms with Crippen molar-refractivity contribution in [3.8, 4) is 0 Å². The van der Waals surface area contributed by atoms with Gasteiger partial charge in [-0.25, -0.2) is 9.18 Å². The first kappa shape index (κ1) is 14.5. The highest BCUT2D eigenvalue weighted by molar-refractivity contribution is 6.31. The fourth-order valence-corrected chi connectivity index (χ4v) is 2.10. The van der Waals surface area contributed by atoms with Gasteiger partial charge in [0.1, 0.15) is 11.5 Å². The van der Waals surface area contributed by atoms with Crippen LogP contribution in [-0.4, -0.2) is 41.8 Å². The molecule has 0 bridgehead atoms. The zero-order valence-corrected chi connectivity index (χ0v) is 10.8. The molecule has 0 saturated carbocycles. The van der Waals surface area contributed by atoms with Crippen LogP contribution in [0.2, 0.25) is 5.02 Å².